The number of nitrogens with zero attached hydrogens (tertiary/aromatic N) is 2. The van der Waals surface area contributed by atoms with Gasteiger partial charge in [0.05, 0.1) is 12.7 Å². The number of hydrogen-bond acceptors (Lipinski definition) is 3. The van der Waals surface area contributed by atoms with Crippen molar-refractivity contribution >= 4 is 5.96 Å². The van der Waals surface area contributed by atoms with Gasteiger partial charge in [-0.2, -0.15) is 0 Å². The van der Waals surface area contributed by atoms with Crippen molar-refractivity contribution in [2.75, 3.05) is 46.4 Å². The van der Waals surface area contributed by atoms with Crippen LogP contribution in [0.3, 0.4) is 0 Å². The first-order valence-electron chi connectivity index (χ1n) is 9.62. The molecule has 1 aliphatic heterocycles. The van der Waals surface area contributed by atoms with Crippen LogP contribution in [0.4, 0.5) is 8.78 Å². The monoisotopic (exact) mass is 382 g/mol. The van der Waals surface area contributed by atoms with E-state index in [4.69, 9.17) is 4.74 Å². The van der Waals surface area contributed by atoms with Gasteiger partial charge in [-0.1, -0.05) is 26.8 Å². The first kappa shape index (κ1) is 21.6. The fourth-order valence-electron chi connectivity index (χ4n) is 3.28. The first-order valence-corrected chi connectivity index (χ1v) is 9.62. The van der Waals surface area contributed by atoms with Crippen LogP contribution in [0.25, 0.3) is 0 Å². The summed E-state index contributed by atoms with van der Waals surface area (Å²) in [4.78, 5) is 6.64. The van der Waals surface area contributed by atoms with E-state index in [0.29, 0.717) is 30.5 Å². The molecule has 0 saturated carbocycles. The molecule has 2 unspecified atom stereocenters. The Labute approximate surface area is 161 Å². The zero-order chi connectivity index (χ0) is 19.8. The summed E-state index contributed by atoms with van der Waals surface area (Å²) in [6.07, 6.45) is 0.114. The molecule has 5 nitrogen and oxygen atoms in total. The average Bonchev–Trinajstić information content (AvgIpc) is 2.61. The molecule has 1 aromatic rings. The highest BCUT2D eigenvalue weighted by atomic mass is 19.1. The zero-order valence-corrected chi connectivity index (χ0v) is 16.8. The molecule has 2 rings (SSSR count). The highest BCUT2D eigenvalue weighted by molar-refractivity contribution is 5.79. The molecule has 0 bridgehead atoms. The molecule has 7 heteroatoms. The summed E-state index contributed by atoms with van der Waals surface area (Å²) in [5.41, 5.74) is 0.485. The number of guanidine groups is 1. The number of ether oxygens (including phenoxy) is 1. The lowest BCUT2D eigenvalue weighted by Crippen LogP contribution is -2.50. The second-order valence-electron chi connectivity index (χ2n) is 7.55. The van der Waals surface area contributed by atoms with E-state index in [0.717, 1.165) is 32.3 Å². The minimum atomic E-state index is -0.562. The molecule has 27 heavy (non-hydrogen) atoms. The molecule has 0 radical (unpaired) electrons. The Morgan fingerprint density at radius 3 is 2.74 bits per heavy atom. The second kappa shape index (κ2) is 10.6. The fourth-order valence-corrected chi connectivity index (χ4v) is 3.28. The Kier molecular flexibility index (Phi) is 8.44. The third-order valence-electron chi connectivity index (χ3n) is 4.64. The summed E-state index contributed by atoms with van der Waals surface area (Å²) in [6, 6.07) is 3.69. The molecule has 0 amide bonds. The molecule has 1 saturated heterocycles. The van der Waals surface area contributed by atoms with Gasteiger partial charge in [0, 0.05) is 51.8 Å². The van der Waals surface area contributed by atoms with Crippen LogP contribution < -0.4 is 10.6 Å². The van der Waals surface area contributed by atoms with Crippen LogP contribution in [0, 0.1) is 17.6 Å². The van der Waals surface area contributed by atoms with Gasteiger partial charge in [-0.15, -0.1) is 0 Å². The smallest absolute Gasteiger partial charge is 0.191 e. The third-order valence-corrected chi connectivity index (χ3v) is 4.64. The van der Waals surface area contributed by atoms with Crippen LogP contribution in [0.5, 0.6) is 0 Å². The van der Waals surface area contributed by atoms with Crippen LogP contribution in [0.1, 0.15) is 32.3 Å². The van der Waals surface area contributed by atoms with Crippen molar-refractivity contribution in [1.82, 2.24) is 15.5 Å². The van der Waals surface area contributed by atoms with Crippen molar-refractivity contribution in [3.05, 3.63) is 35.4 Å². The molecule has 0 aromatic heterocycles. The number of rotatable bonds is 7. The van der Waals surface area contributed by atoms with E-state index in [1.165, 1.54) is 12.1 Å². The number of hydrogen-bond donors (Lipinski definition) is 2. The van der Waals surface area contributed by atoms with E-state index < -0.39 is 11.6 Å². The van der Waals surface area contributed by atoms with Crippen LogP contribution in [-0.2, 0) is 4.74 Å². The normalized spacial score (nSPS) is 20.0. The Bertz CT molecular complexity index is 624. The molecule has 0 spiro atoms. The lowest BCUT2D eigenvalue weighted by Gasteiger charge is -2.34. The number of nitrogens with one attached hydrogen (secondary N) is 2. The number of aliphatic imine (C=N–C) groups is 1. The van der Waals surface area contributed by atoms with Crippen LogP contribution in [-0.4, -0.2) is 63.3 Å². The predicted molar refractivity (Wildman–Crippen MR) is 105 cm³/mol. The Balaban J connectivity index is 1.78. The highest BCUT2D eigenvalue weighted by Gasteiger charge is 2.21. The summed E-state index contributed by atoms with van der Waals surface area (Å²) in [5.74, 6) is 0.0889. The summed E-state index contributed by atoms with van der Waals surface area (Å²) in [6.45, 7) is 11.2. The van der Waals surface area contributed by atoms with Gasteiger partial charge < -0.3 is 15.4 Å². The summed E-state index contributed by atoms with van der Waals surface area (Å²) >= 11 is 0. The Morgan fingerprint density at radius 2 is 2.07 bits per heavy atom. The van der Waals surface area contributed by atoms with Gasteiger partial charge >= 0.3 is 0 Å². The maximum absolute atomic E-state index is 13.9. The highest BCUT2D eigenvalue weighted by Crippen LogP contribution is 2.19. The molecular weight excluding hydrogens is 350 g/mol. The SMILES string of the molecule is CN=C(NCC1CN(CC(C)C)CCO1)NCC(C)c1ccc(F)cc1F. The Morgan fingerprint density at radius 1 is 1.30 bits per heavy atom. The summed E-state index contributed by atoms with van der Waals surface area (Å²) in [5, 5.41) is 6.48. The lowest BCUT2D eigenvalue weighted by atomic mass is 10.0. The summed E-state index contributed by atoms with van der Waals surface area (Å²) in [7, 11) is 1.70. The summed E-state index contributed by atoms with van der Waals surface area (Å²) < 4.78 is 32.8. The molecule has 0 aliphatic carbocycles. The van der Waals surface area contributed by atoms with Gasteiger partial charge in [0.15, 0.2) is 5.96 Å². The average molecular weight is 382 g/mol. The molecule has 1 heterocycles. The lowest BCUT2D eigenvalue weighted by molar-refractivity contribution is -0.0284. The molecule has 2 N–H and O–H groups in total. The van der Waals surface area contributed by atoms with Crippen molar-refractivity contribution in [2.24, 2.45) is 10.9 Å². The van der Waals surface area contributed by atoms with Crippen molar-refractivity contribution < 1.29 is 13.5 Å². The number of halogens is 2. The van der Waals surface area contributed by atoms with Crippen molar-refractivity contribution in [2.45, 2.75) is 32.8 Å². The first-order chi connectivity index (χ1) is 12.9. The van der Waals surface area contributed by atoms with Gasteiger partial charge in [0.25, 0.3) is 0 Å². The Hall–Kier alpha value is -1.73. The van der Waals surface area contributed by atoms with Crippen molar-refractivity contribution in [3.8, 4) is 0 Å². The third kappa shape index (κ3) is 7.07. The van der Waals surface area contributed by atoms with E-state index in [9.17, 15) is 8.78 Å². The van der Waals surface area contributed by atoms with E-state index >= 15 is 0 Å². The van der Waals surface area contributed by atoms with E-state index in [1.807, 2.05) is 6.92 Å². The van der Waals surface area contributed by atoms with Gasteiger partial charge in [-0.3, -0.25) is 9.89 Å². The van der Waals surface area contributed by atoms with Gasteiger partial charge in [-0.25, -0.2) is 8.78 Å². The molecular formula is C20H32F2N4O. The standard InChI is InChI=1S/C20H32F2N4O/c1-14(2)12-26-7-8-27-17(13-26)11-25-20(23-4)24-10-15(3)18-6-5-16(21)9-19(18)22/h5-6,9,14-15,17H,7-8,10-13H2,1-4H3,(H2,23,24,25). The minimum absolute atomic E-state index is 0.114. The minimum Gasteiger partial charge on any atom is -0.374 e. The molecule has 1 aliphatic rings. The molecule has 1 fully saturated rings. The maximum atomic E-state index is 13.9. The van der Waals surface area contributed by atoms with Crippen LogP contribution in [0.15, 0.2) is 23.2 Å². The van der Waals surface area contributed by atoms with Crippen LogP contribution in [0.2, 0.25) is 0 Å². The van der Waals surface area contributed by atoms with Gasteiger partial charge in [0.1, 0.15) is 11.6 Å². The van der Waals surface area contributed by atoms with Crippen molar-refractivity contribution in [3.63, 3.8) is 0 Å². The number of benzene rings is 1. The maximum Gasteiger partial charge on any atom is 0.191 e. The second-order valence-corrected chi connectivity index (χ2v) is 7.55. The van der Waals surface area contributed by atoms with Gasteiger partial charge in [-0.05, 0) is 17.5 Å². The quantitative estimate of drug-likeness (QED) is 0.562. The van der Waals surface area contributed by atoms with Gasteiger partial charge in [0.2, 0.25) is 0 Å². The molecule has 152 valence electrons. The van der Waals surface area contributed by atoms with E-state index in [1.54, 1.807) is 7.05 Å². The van der Waals surface area contributed by atoms with E-state index in [2.05, 4.69) is 34.4 Å². The topological polar surface area (TPSA) is 48.9 Å². The van der Waals surface area contributed by atoms with Crippen LogP contribution >= 0.6 is 0 Å². The predicted octanol–water partition coefficient (Wildman–Crippen LogP) is 2.59. The number of morpholine rings is 1. The zero-order valence-electron chi connectivity index (χ0n) is 16.8. The fraction of sp³-hybridized carbons (Fsp3) is 0.650. The molecule has 1 aromatic carbocycles. The molecule has 2 atom stereocenters. The van der Waals surface area contributed by atoms with E-state index in [-0.39, 0.29) is 12.0 Å². The van der Waals surface area contributed by atoms with Crippen molar-refractivity contribution in [1.29, 1.82) is 0 Å². The largest absolute Gasteiger partial charge is 0.374 e.